The fraction of sp³-hybridized carbons (Fsp3) is 0.407. The highest BCUT2D eigenvalue weighted by Crippen LogP contribution is 2.40. The van der Waals surface area contributed by atoms with Gasteiger partial charge in [-0.2, -0.15) is 9.40 Å². The SMILES string of the molecule is Cc1nn(C)cc1-c1nccc(Nc2cc3c(C(C)C)c(F)cc(N4C[C@H](N(C)S(C)(=O)=O)[C@H]4C)c3cn2)n1. The molecule has 1 fully saturated rings. The summed E-state index contributed by atoms with van der Waals surface area (Å²) in [5.41, 5.74) is 2.97. The molecule has 0 saturated carbocycles. The Morgan fingerprint density at radius 1 is 1.18 bits per heavy atom. The second-order valence-corrected chi connectivity index (χ2v) is 12.5. The summed E-state index contributed by atoms with van der Waals surface area (Å²) >= 11 is 0. The summed E-state index contributed by atoms with van der Waals surface area (Å²) in [6.45, 7) is 8.25. The molecule has 4 aromatic rings. The van der Waals surface area contributed by atoms with Crippen molar-refractivity contribution in [3.05, 3.63) is 53.9 Å². The quantitative estimate of drug-likeness (QED) is 0.363. The molecule has 5 rings (SSSR count). The van der Waals surface area contributed by atoms with Crippen molar-refractivity contribution >= 4 is 38.1 Å². The van der Waals surface area contributed by atoms with Gasteiger partial charge in [0.25, 0.3) is 0 Å². The number of likely N-dealkylation sites (N-methyl/N-ethyl adjacent to an activating group) is 1. The van der Waals surface area contributed by atoms with Gasteiger partial charge in [0, 0.05) is 56.3 Å². The molecule has 2 atom stereocenters. The van der Waals surface area contributed by atoms with Crippen LogP contribution in [-0.2, 0) is 17.1 Å². The fourth-order valence-electron chi connectivity index (χ4n) is 5.26. The number of pyridine rings is 1. The standard InChI is InChI=1S/C27H33FN8O2S/c1-15(2)26-18-10-25(31-24-8-9-29-27(32-24)20-13-34(5)33-16(20)3)30-12-19(18)22(11-21(26)28)36-14-23(17(36)4)35(6)39(7,37)38/h8-13,15,17,23H,14H2,1-7H3,(H,29,30,31,32)/t17-,23+/m1/s1. The largest absolute Gasteiger partial charge is 0.365 e. The lowest BCUT2D eigenvalue weighted by molar-refractivity contribution is 0.251. The monoisotopic (exact) mass is 552 g/mol. The number of hydrogen-bond donors (Lipinski definition) is 1. The number of rotatable bonds is 7. The van der Waals surface area contributed by atoms with Crippen LogP contribution >= 0.6 is 0 Å². The lowest BCUT2D eigenvalue weighted by Crippen LogP contribution is -2.65. The Balaban J connectivity index is 1.51. The molecule has 1 N–H and O–H groups in total. The predicted octanol–water partition coefficient (Wildman–Crippen LogP) is 4.21. The summed E-state index contributed by atoms with van der Waals surface area (Å²) in [4.78, 5) is 15.7. The first-order chi connectivity index (χ1) is 18.3. The minimum absolute atomic E-state index is 0.0612. The Hall–Kier alpha value is -3.64. The molecule has 4 heterocycles. The van der Waals surface area contributed by atoms with E-state index in [4.69, 9.17) is 0 Å². The van der Waals surface area contributed by atoms with E-state index in [1.807, 2.05) is 51.9 Å². The van der Waals surface area contributed by atoms with Crippen molar-refractivity contribution in [3.8, 4) is 11.4 Å². The Bertz CT molecular complexity index is 1670. The van der Waals surface area contributed by atoms with Crippen molar-refractivity contribution in [2.24, 2.45) is 7.05 Å². The summed E-state index contributed by atoms with van der Waals surface area (Å²) in [6, 6.07) is 4.84. The third-order valence-corrected chi connectivity index (χ3v) is 8.78. The Labute approximate surface area is 227 Å². The van der Waals surface area contributed by atoms with Crippen LogP contribution in [-0.4, -0.2) is 69.4 Å². The molecule has 1 aliphatic heterocycles. The lowest BCUT2D eigenvalue weighted by atomic mass is 9.91. The number of nitrogens with one attached hydrogen (secondary N) is 1. The fourth-order valence-corrected chi connectivity index (χ4v) is 5.99. The summed E-state index contributed by atoms with van der Waals surface area (Å²) in [6.07, 6.45) is 6.49. The van der Waals surface area contributed by atoms with Crippen LogP contribution in [0.1, 0.15) is 37.9 Å². The molecular formula is C27H33FN8O2S. The van der Waals surface area contributed by atoms with E-state index in [9.17, 15) is 8.42 Å². The third-order valence-electron chi connectivity index (χ3n) is 7.47. The van der Waals surface area contributed by atoms with Crippen LogP contribution in [0, 0.1) is 12.7 Å². The zero-order chi connectivity index (χ0) is 28.2. The van der Waals surface area contributed by atoms with Crippen molar-refractivity contribution in [2.75, 3.05) is 30.1 Å². The van der Waals surface area contributed by atoms with Gasteiger partial charge in [0.15, 0.2) is 5.82 Å². The van der Waals surface area contributed by atoms with E-state index in [0.717, 1.165) is 22.0 Å². The molecule has 10 nitrogen and oxygen atoms in total. The maximum Gasteiger partial charge on any atom is 0.211 e. The zero-order valence-corrected chi connectivity index (χ0v) is 24.0. The summed E-state index contributed by atoms with van der Waals surface area (Å²) in [7, 11) is 0.104. The molecule has 1 saturated heterocycles. The average Bonchev–Trinajstić information content (AvgIpc) is 3.19. The van der Waals surface area contributed by atoms with Crippen molar-refractivity contribution in [2.45, 2.75) is 45.7 Å². The van der Waals surface area contributed by atoms with Gasteiger partial charge in [-0.1, -0.05) is 13.8 Å². The highest BCUT2D eigenvalue weighted by molar-refractivity contribution is 7.88. The van der Waals surface area contributed by atoms with E-state index >= 15 is 4.39 Å². The van der Waals surface area contributed by atoms with Gasteiger partial charge in [-0.05, 0) is 48.9 Å². The van der Waals surface area contributed by atoms with Gasteiger partial charge in [-0.25, -0.2) is 27.8 Å². The van der Waals surface area contributed by atoms with Gasteiger partial charge in [0.2, 0.25) is 10.0 Å². The van der Waals surface area contributed by atoms with E-state index in [1.165, 1.54) is 10.6 Å². The summed E-state index contributed by atoms with van der Waals surface area (Å²) < 4.78 is 42.8. The molecule has 1 aliphatic rings. The lowest BCUT2D eigenvalue weighted by Gasteiger charge is -2.51. The van der Waals surface area contributed by atoms with Crippen LogP contribution in [0.25, 0.3) is 22.2 Å². The molecular weight excluding hydrogens is 519 g/mol. The van der Waals surface area contributed by atoms with Gasteiger partial charge in [-0.3, -0.25) is 4.68 Å². The number of halogens is 1. The Kier molecular flexibility index (Phi) is 6.79. The van der Waals surface area contributed by atoms with Crippen LogP contribution < -0.4 is 10.2 Å². The number of aromatic nitrogens is 5. The third kappa shape index (κ3) is 4.94. The summed E-state index contributed by atoms with van der Waals surface area (Å²) in [5, 5.41) is 9.17. The highest BCUT2D eigenvalue weighted by Gasteiger charge is 2.42. The number of hydrogen-bond acceptors (Lipinski definition) is 8. The predicted molar refractivity (Wildman–Crippen MR) is 151 cm³/mol. The smallest absolute Gasteiger partial charge is 0.211 e. The second kappa shape index (κ2) is 9.83. The summed E-state index contributed by atoms with van der Waals surface area (Å²) in [5.74, 6) is 1.27. The first-order valence-electron chi connectivity index (χ1n) is 12.8. The molecule has 1 aromatic carbocycles. The molecule has 206 valence electrons. The molecule has 0 amide bonds. The topological polar surface area (TPSA) is 109 Å². The van der Waals surface area contributed by atoms with Gasteiger partial charge in [0.1, 0.15) is 17.5 Å². The van der Waals surface area contributed by atoms with Crippen LogP contribution in [0.3, 0.4) is 0 Å². The first-order valence-corrected chi connectivity index (χ1v) is 14.6. The van der Waals surface area contributed by atoms with E-state index in [0.29, 0.717) is 35.3 Å². The van der Waals surface area contributed by atoms with Crippen molar-refractivity contribution in [3.63, 3.8) is 0 Å². The minimum atomic E-state index is -3.33. The van der Waals surface area contributed by atoms with Crippen molar-refractivity contribution < 1.29 is 12.8 Å². The number of benzene rings is 1. The van der Waals surface area contributed by atoms with Gasteiger partial charge < -0.3 is 10.2 Å². The van der Waals surface area contributed by atoms with Crippen LogP contribution in [0.5, 0.6) is 0 Å². The van der Waals surface area contributed by atoms with Crippen LogP contribution in [0.4, 0.5) is 21.7 Å². The van der Waals surface area contributed by atoms with Crippen molar-refractivity contribution in [1.29, 1.82) is 0 Å². The second-order valence-electron chi connectivity index (χ2n) is 10.5. The number of anilines is 3. The molecule has 0 unspecified atom stereocenters. The molecule has 3 aromatic heterocycles. The first kappa shape index (κ1) is 26.9. The van der Waals surface area contributed by atoms with E-state index in [1.54, 1.807) is 36.3 Å². The molecule has 39 heavy (non-hydrogen) atoms. The maximum absolute atomic E-state index is 15.6. The average molecular weight is 553 g/mol. The number of nitrogens with zero attached hydrogens (tertiary/aromatic N) is 7. The van der Waals surface area contributed by atoms with E-state index in [-0.39, 0.29) is 23.8 Å². The zero-order valence-electron chi connectivity index (χ0n) is 23.1. The highest BCUT2D eigenvalue weighted by atomic mass is 32.2. The van der Waals surface area contributed by atoms with Crippen LogP contribution in [0.2, 0.25) is 0 Å². The number of sulfonamides is 1. The maximum atomic E-state index is 15.6. The number of fused-ring (bicyclic) bond motifs is 1. The number of aryl methyl sites for hydroxylation is 2. The Morgan fingerprint density at radius 3 is 2.54 bits per heavy atom. The minimum Gasteiger partial charge on any atom is -0.365 e. The molecule has 0 bridgehead atoms. The van der Waals surface area contributed by atoms with Gasteiger partial charge >= 0.3 is 0 Å². The van der Waals surface area contributed by atoms with E-state index < -0.39 is 10.0 Å². The normalized spacial score (nSPS) is 17.7. The Morgan fingerprint density at radius 2 is 1.92 bits per heavy atom. The molecule has 0 aliphatic carbocycles. The van der Waals surface area contributed by atoms with Gasteiger partial charge in [-0.15, -0.1) is 0 Å². The molecule has 0 spiro atoms. The van der Waals surface area contributed by atoms with Gasteiger partial charge in [0.05, 0.1) is 23.6 Å². The van der Waals surface area contributed by atoms with Crippen molar-refractivity contribution in [1.82, 2.24) is 29.0 Å². The van der Waals surface area contributed by atoms with E-state index in [2.05, 4.69) is 25.4 Å². The molecule has 0 radical (unpaired) electrons. The molecule has 12 heteroatoms. The van der Waals surface area contributed by atoms with Crippen LogP contribution in [0.15, 0.2) is 36.8 Å².